The maximum Gasteiger partial charge on any atom is 0.303 e. The van der Waals surface area contributed by atoms with E-state index >= 15 is 0 Å². The van der Waals surface area contributed by atoms with Crippen molar-refractivity contribution in [3.63, 3.8) is 0 Å². The number of hydrogen-bond acceptors (Lipinski definition) is 5. The van der Waals surface area contributed by atoms with Crippen molar-refractivity contribution in [2.24, 2.45) is 0 Å². The molecule has 0 aliphatic heterocycles. The number of hydrogen-bond donors (Lipinski definition) is 1. The zero-order valence-corrected chi connectivity index (χ0v) is 20.5. The second-order valence-electron chi connectivity index (χ2n) is 9.29. The van der Waals surface area contributed by atoms with Crippen molar-refractivity contribution in [3.8, 4) is 5.75 Å². The molecule has 6 heteroatoms. The zero-order valence-electron chi connectivity index (χ0n) is 20.5. The number of ether oxygens (including phenoxy) is 2. The topological polar surface area (TPSA) is 81.8 Å². The van der Waals surface area contributed by atoms with Crippen molar-refractivity contribution in [3.05, 3.63) is 82.6 Å². The molecule has 1 aliphatic rings. The van der Waals surface area contributed by atoms with E-state index in [1.807, 2.05) is 55.5 Å². The van der Waals surface area contributed by atoms with E-state index in [9.17, 15) is 4.79 Å². The average molecular weight is 478 g/mol. The van der Waals surface area contributed by atoms with Crippen LogP contribution < -0.4 is 4.74 Å². The summed E-state index contributed by atoms with van der Waals surface area (Å²) in [6, 6.07) is 15.8. The smallest absolute Gasteiger partial charge is 0.303 e. The second-order valence-corrected chi connectivity index (χ2v) is 9.29. The van der Waals surface area contributed by atoms with Crippen LogP contribution in [0.2, 0.25) is 0 Å². The van der Waals surface area contributed by atoms with Gasteiger partial charge in [-0.25, -0.2) is 4.98 Å². The monoisotopic (exact) mass is 477 g/mol. The van der Waals surface area contributed by atoms with E-state index in [0.717, 1.165) is 39.8 Å². The SMILES string of the molecule is Cc1oc(C2CCCCC2)nc1CCOc1ccc(CCC(=O)O)c(COCc2ccccc2)c1. The number of benzene rings is 2. The summed E-state index contributed by atoms with van der Waals surface area (Å²) in [5.41, 5.74) is 3.99. The molecule has 4 rings (SSSR count). The van der Waals surface area contributed by atoms with Crippen molar-refractivity contribution >= 4 is 5.97 Å². The molecule has 3 aromatic rings. The fourth-order valence-corrected chi connectivity index (χ4v) is 4.64. The van der Waals surface area contributed by atoms with Crippen LogP contribution in [0.4, 0.5) is 0 Å². The van der Waals surface area contributed by atoms with E-state index in [4.69, 9.17) is 24.0 Å². The number of carboxylic acids is 1. The summed E-state index contributed by atoms with van der Waals surface area (Å²) >= 11 is 0. The Morgan fingerprint density at radius 2 is 1.83 bits per heavy atom. The molecule has 1 heterocycles. The minimum Gasteiger partial charge on any atom is -0.493 e. The van der Waals surface area contributed by atoms with Gasteiger partial charge in [0.15, 0.2) is 5.89 Å². The molecule has 0 amide bonds. The van der Waals surface area contributed by atoms with Crippen LogP contribution in [0.15, 0.2) is 52.9 Å². The molecule has 0 saturated heterocycles. The van der Waals surface area contributed by atoms with Crippen LogP contribution >= 0.6 is 0 Å². The lowest BCUT2D eigenvalue weighted by Crippen LogP contribution is -2.07. The number of aromatic nitrogens is 1. The van der Waals surface area contributed by atoms with Crippen LogP contribution in [0.3, 0.4) is 0 Å². The fraction of sp³-hybridized carbons (Fsp3) is 0.448. The molecule has 2 aromatic carbocycles. The van der Waals surface area contributed by atoms with Gasteiger partial charge in [-0.1, -0.05) is 55.7 Å². The third-order valence-corrected chi connectivity index (χ3v) is 6.63. The van der Waals surface area contributed by atoms with Crippen molar-refractivity contribution in [1.82, 2.24) is 4.98 Å². The predicted molar refractivity (Wildman–Crippen MR) is 134 cm³/mol. The van der Waals surface area contributed by atoms with Gasteiger partial charge in [0.2, 0.25) is 0 Å². The quantitative estimate of drug-likeness (QED) is 0.326. The van der Waals surface area contributed by atoms with Crippen molar-refractivity contribution in [2.45, 2.75) is 77.4 Å². The molecule has 1 N–H and O–H groups in total. The zero-order chi connectivity index (χ0) is 24.5. The third-order valence-electron chi connectivity index (χ3n) is 6.63. The highest BCUT2D eigenvalue weighted by molar-refractivity contribution is 5.67. The first-order valence-corrected chi connectivity index (χ1v) is 12.6. The number of oxazole rings is 1. The van der Waals surface area contributed by atoms with Crippen LogP contribution in [0, 0.1) is 6.92 Å². The van der Waals surface area contributed by atoms with E-state index in [-0.39, 0.29) is 6.42 Å². The Kier molecular flexibility index (Phi) is 8.96. The maximum absolute atomic E-state index is 11.1. The molecule has 0 unspecified atom stereocenters. The molecule has 0 radical (unpaired) electrons. The molecule has 35 heavy (non-hydrogen) atoms. The number of carboxylic acid groups (broad SMARTS) is 1. The fourth-order valence-electron chi connectivity index (χ4n) is 4.64. The van der Waals surface area contributed by atoms with Gasteiger partial charge in [0, 0.05) is 18.8 Å². The predicted octanol–water partition coefficient (Wildman–Crippen LogP) is 6.39. The summed E-state index contributed by atoms with van der Waals surface area (Å²) < 4.78 is 18.0. The minimum absolute atomic E-state index is 0.0840. The highest BCUT2D eigenvalue weighted by Crippen LogP contribution is 2.33. The van der Waals surface area contributed by atoms with Crippen LogP contribution in [-0.4, -0.2) is 22.7 Å². The molecule has 1 aromatic heterocycles. The molecule has 0 bridgehead atoms. The normalized spacial score (nSPS) is 14.2. The Morgan fingerprint density at radius 1 is 1.03 bits per heavy atom. The summed E-state index contributed by atoms with van der Waals surface area (Å²) in [7, 11) is 0. The molecule has 0 spiro atoms. The van der Waals surface area contributed by atoms with Crippen LogP contribution in [0.25, 0.3) is 0 Å². The van der Waals surface area contributed by atoms with Gasteiger partial charge < -0.3 is 19.0 Å². The molecular formula is C29H35NO5. The van der Waals surface area contributed by atoms with Crippen LogP contribution in [-0.2, 0) is 35.6 Å². The largest absolute Gasteiger partial charge is 0.493 e. The van der Waals surface area contributed by atoms with Crippen molar-refractivity contribution in [1.29, 1.82) is 0 Å². The highest BCUT2D eigenvalue weighted by Gasteiger charge is 2.22. The molecule has 1 fully saturated rings. The maximum atomic E-state index is 11.1. The van der Waals surface area contributed by atoms with Crippen LogP contribution in [0.5, 0.6) is 5.75 Å². The standard InChI is InChI=1S/C29H35NO5/c1-21-27(30-29(35-21)24-10-6-3-7-11-24)16-17-34-26-14-12-23(13-15-28(31)32)25(18-26)20-33-19-22-8-4-2-5-9-22/h2,4-5,8-9,12,14,18,24H,3,6-7,10-11,13,15-17,19-20H2,1H3,(H,31,32). The van der Waals surface area contributed by atoms with E-state index in [1.165, 1.54) is 32.1 Å². The number of carbonyl (C=O) groups is 1. The van der Waals surface area contributed by atoms with E-state index < -0.39 is 5.97 Å². The highest BCUT2D eigenvalue weighted by atomic mass is 16.5. The first kappa shape index (κ1) is 25.0. The third kappa shape index (κ3) is 7.43. The van der Waals surface area contributed by atoms with Crippen LogP contribution in [0.1, 0.15) is 78.5 Å². The van der Waals surface area contributed by atoms with Crippen molar-refractivity contribution < 1.29 is 23.8 Å². The molecular weight excluding hydrogens is 442 g/mol. The first-order chi connectivity index (χ1) is 17.1. The Balaban J connectivity index is 1.35. The van der Waals surface area contributed by atoms with Gasteiger partial charge in [-0.3, -0.25) is 4.79 Å². The van der Waals surface area contributed by atoms with Gasteiger partial charge >= 0.3 is 5.97 Å². The number of aryl methyl sites for hydroxylation is 2. The van der Waals surface area contributed by atoms with E-state index in [0.29, 0.717) is 38.6 Å². The van der Waals surface area contributed by atoms with E-state index in [2.05, 4.69) is 0 Å². The lowest BCUT2D eigenvalue weighted by Gasteiger charge is -2.17. The Labute approximate surface area is 207 Å². The van der Waals surface area contributed by atoms with Gasteiger partial charge in [0.05, 0.1) is 25.5 Å². The second kappa shape index (κ2) is 12.5. The number of nitrogens with zero attached hydrogens (tertiary/aromatic N) is 1. The van der Waals surface area contributed by atoms with Gasteiger partial charge in [0.25, 0.3) is 0 Å². The molecule has 0 atom stereocenters. The summed E-state index contributed by atoms with van der Waals surface area (Å²) in [5.74, 6) is 2.16. The summed E-state index contributed by atoms with van der Waals surface area (Å²) in [4.78, 5) is 15.9. The lowest BCUT2D eigenvalue weighted by atomic mass is 9.89. The molecule has 1 saturated carbocycles. The van der Waals surface area contributed by atoms with Gasteiger partial charge in [-0.05, 0) is 55.0 Å². The molecule has 186 valence electrons. The van der Waals surface area contributed by atoms with Gasteiger partial charge in [0.1, 0.15) is 11.5 Å². The Bertz CT molecular complexity index is 1090. The Hall–Kier alpha value is -3.12. The Morgan fingerprint density at radius 3 is 2.60 bits per heavy atom. The van der Waals surface area contributed by atoms with Crippen molar-refractivity contribution in [2.75, 3.05) is 6.61 Å². The van der Waals surface area contributed by atoms with E-state index in [1.54, 1.807) is 0 Å². The molecule has 1 aliphatic carbocycles. The lowest BCUT2D eigenvalue weighted by molar-refractivity contribution is -0.136. The van der Waals surface area contributed by atoms with Gasteiger partial charge in [-0.15, -0.1) is 0 Å². The average Bonchev–Trinajstić information content (AvgIpc) is 3.25. The number of aliphatic carboxylic acids is 1. The minimum atomic E-state index is -0.808. The molecule has 6 nitrogen and oxygen atoms in total. The number of rotatable bonds is 12. The summed E-state index contributed by atoms with van der Waals surface area (Å²) in [6.07, 6.45) is 7.38. The summed E-state index contributed by atoms with van der Waals surface area (Å²) in [6.45, 7) is 3.37. The summed E-state index contributed by atoms with van der Waals surface area (Å²) in [5, 5.41) is 9.11. The van der Waals surface area contributed by atoms with Gasteiger partial charge in [-0.2, -0.15) is 0 Å². The first-order valence-electron chi connectivity index (χ1n) is 12.6.